The number of anilines is 1. The molecule has 1 fully saturated rings. The van der Waals surface area contributed by atoms with Gasteiger partial charge in [-0.05, 0) is 43.5 Å². The molecule has 2 aromatic carbocycles. The number of benzene rings is 2. The zero-order chi connectivity index (χ0) is 22.4. The van der Waals surface area contributed by atoms with Crippen LogP contribution in [0.3, 0.4) is 0 Å². The number of para-hydroxylation sites is 1. The van der Waals surface area contributed by atoms with E-state index in [0.29, 0.717) is 12.2 Å². The summed E-state index contributed by atoms with van der Waals surface area (Å²) in [4.78, 5) is 38.3. The summed E-state index contributed by atoms with van der Waals surface area (Å²) >= 11 is 0. The van der Waals surface area contributed by atoms with Crippen LogP contribution in [0.2, 0.25) is 0 Å². The van der Waals surface area contributed by atoms with E-state index in [9.17, 15) is 14.4 Å². The zero-order valence-corrected chi connectivity index (χ0v) is 18.1. The molecule has 1 saturated heterocycles. The molecule has 7 nitrogen and oxygen atoms in total. The molecule has 4 N–H and O–H groups in total. The van der Waals surface area contributed by atoms with Gasteiger partial charge in [0.2, 0.25) is 17.7 Å². The second-order valence-corrected chi connectivity index (χ2v) is 8.10. The highest BCUT2D eigenvalue weighted by molar-refractivity contribution is 5.92. The molecule has 3 rings (SSSR count). The van der Waals surface area contributed by atoms with Crippen molar-refractivity contribution >= 4 is 23.4 Å². The summed E-state index contributed by atoms with van der Waals surface area (Å²) in [5, 5.41) is 5.84. The van der Waals surface area contributed by atoms with Crippen LogP contribution in [0.5, 0.6) is 0 Å². The Morgan fingerprint density at radius 3 is 2.52 bits per heavy atom. The van der Waals surface area contributed by atoms with E-state index in [1.54, 1.807) is 0 Å². The molecule has 7 heteroatoms. The van der Waals surface area contributed by atoms with E-state index in [1.165, 1.54) is 6.92 Å². The second-order valence-electron chi connectivity index (χ2n) is 8.10. The van der Waals surface area contributed by atoms with E-state index >= 15 is 0 Å². The van der Waals surface area contributed by atoms with Crippen molar-refractivity contribution in [1.29, 1.82) is 0 Å². The van der Waals surface area contributed by atoms with Crippen molar-refractivity contribution in [3.05, 3.63) is 65.2 Å². The Hall–Kier alpha value is -3.19. The van der Waals surface area contributed by atoms with Gasteiger partial charge < -0.3 is 16.4 Å². The molecule has 0 spiro atoms. The molecule has 1 heterocycles. The predicted molar refractivity (Wildman–Crippen MR) is 120 cm³/mol. The van der Waals surface area contributed by atoms with E-state index in [0.717, 1.165) is 36.1 Å². The number of nitrogens with zero attached hydrogens (tertiary/aromatic N) is 1. The molecule has 1 aliphatic heterocycles. The third kappa shape index (κ3) is 6.15. The minimum absolute atomic E-state index is 0.116. The number of rotatable bonds is 8. The zero-order valence-electron chi connectivity index (χ0n) is 18.1. The van der Waals surface area contributed by atoms with Gasteiger partial charge in [0, 0.05) is 19.2 Å². The van der Waals surface area contributed by atoms with Crippen molar-refractivity contribution in [3.63, 3.8) is 0 Å². The first kappa shape index (κ1) is 22.5. The van der Waals surface area contributed by atoms with Crippen LogP contribution in [-0.4, -0.2) is 35.2 Å². The molecule has 31 heavy (non-hydrogen) atoms. The van der Waals surface area contributed by atoms with Crippen LogP contribution in [-0.2, 0) is 20.9 Å². The van der Waals surface area contributed by atoms with Gasteiger partial charge in [0.25, 0.3) is 0 Å². The van der Waals surface area contributed by atoms with Gasteiger partial charge in [0.05, 0.1) is 18.5 Å². The van der Waals surface area contributed by atoms with Gasteiger partial charge in [-0.15, -0.1) is 0 Å². The molecule has 2 unspecified atom stereocenters. The molecule has 164 valence electrons. The number of aryl methyl sites for hydroxylation is 1. The molecular weight excluding hydrogens is 392 g/mol. The van der Waals surface area contributed by atoms with Crippen molar-refractivity contribution in [2.45, 2.75) is 51.7 Å². The van der Waals surface area contributed by atoms with E-state index in [-0.39, 0.29) is 30.2 Å². The lowest BCUT2D eigenvalue weighted by molar-refractivity contribution is -0.123. The molecule has 3 amide bonds. The number of hydrogen-bond donors (Lipinski definition) is 3. The molecule has 0 aliphatic carbocycles. The maximum absolute atomic E-state index is 12.9. The minimum atomic E-state index is -0.414. The topological polar surface area (TPSA) is 105 Å². The van der Waals surface area contributed by atoms with Gasteiger partial charge in [-0.1, -0.05) is 48.0 Å². The van der Waals surface area contributed by atoms with Gasteiger partial charge >= 0.3 is 0 Å². The molecular formula is C24H30N4O3. The number of nitrogens with two attached hydrogens (primary N) is 1. The van der Waals surface area contributed by atoms with Crippen molar-refractivity contribution < 1.29 is 14.4 Å². The third-order valence-electron chi connectivity index (χ3n) is 5.60. The molecule has 0 aromatic heterocycles. The van der Waals surface area contributed by atoms with Crippen LogP contribution in [0.25, 0.3) is 0 Å². The fourth-order valence-corrected chi connectivity index (χ4v) is 4.02. The number of likely N-dealkylation sites (tertiary alicyclic amines) is 1. The molecule has 2 aromatic rings. The van der Waals surface area contributed by atoms with Crippen molar-refractivity contribution in [1.82, 2.24) is 10.2 Å². The average Bonchev–Trinajstić information content (AvgIpc) is 3.18. The summed E-state index contributed by atoms with van der Waals surface area (Å²) in [6.07, 6.45) is 1.81. The first-order valence-corrected chi connectivity index (χ1v) is 10.6. The largest absolute Gasteiger partial charge is 0.368 e. The lowest BCUT2D eigenvalue weighted by Crippen LogP contribution is -2.39. The van der Waals surface area contributed by atoms with Crippen molar-refractivity contribution in [2.75, 3.05) is 11.9 Å². The first-order valence-electron chi connectivity index (χ1n) is 10.6. The summed E-state index contributed by atoms with van der Waals surface area (Å²) in [6, 6.07) is 14.7. The number of carbonyl (C=O) groups is 3. The fraction of sp³-hybridized carbons (Fsp3) is 0.375. The summed E-state index contributed by atoms with van der Waals surface area (Å²) in [5.74, 6) is -0.694. The Kier molecular flexibility index (Phi) is 7.41. The van der Waals surface area contributed by atoms with Gasteiger partial charge in [0.15, 0.2) is 0 Å². The minimum Gasteiger partial charge on any atom is -0.368 e. The predicted octanol–water partition coefficient (Wildman–Crippen LogP) is 2.65. The number of primary amides is 1. The van der Waals surface area contributed by atoms with E-state index < -0.39 is 6.04 Å². The van der Waals surface area contributed by atoms with Gasteiger partial charge in [-0.3, -0.25) is 19.3 Å². The van der Waals surface area contributed by atoms with Crippen LogP contribution in [0.4, 0.5) is 5.69 Å². The lowest BCUT2D eigenvalue weighted by Gasteiger charge is -2.23. The van der Waals surface area contributed by atoms with Crippen molar-refractivity contribution in [3.8, 4) is 0 Å². The monoisotopic (exact) mass is 422 g/mol. The maximum Gasteiger partial charge on any atom is 0.234 e. The SMILES string of the molecule is CC(=O)NC(CC(=O)Nc1ccccc1CN1CCCC1C(N)=O)c1ccc(C)cc1. The number of nitrogens with one attached hydrogen (secondary N) is 2. The van der Waals surface area contributed by atoms with E-state index in [4.69, 9.17) is 5.73 Å². The molecule has 2 atom stereocenters. The highest BCUT2D eigenvalue weighted by Gasteiger charge is 2.29. The smallest absolute Gasteiger partial charge is 0.234 e. The van der Waals surface area contributed by atoms with Crippen LogP contribution < -0.4 is 16.4 Å². The van der Waals surface area contributed by atoms with E-state index in [2.05, 4.69) is 15.5 Å². The van der Waals surface area contributed by atoms with Crippen molar-refractivity contribution in [2.24, 2.45) is 5.73 Å². The Bertz CT molecular complexity index is 942. The Balaban J connectivity index is 1.71. The Morgan fingerprint density at radius 1 is 1.13 bits per heavy atom. The number of hydrogen-bond acceptors (Lipinski definition) is 4. The lowest BCUT2D eigenvalue weighted by atomic mass is 10.0. The third-order valence-corrected chi connectivity index (χ3v) is 5.60. The van der Waals surface area contributed by atoms with Gasteiger partial charge in [-0.2, -0.15) is 0 Å². The maximum atomic E-state index is 12.9. The second kappa shape index (κ2) is 10.2. The summed E-state index contributed by atoms with van der Waals surface area (Å²) in [6.45, 7) is 4.77. The normalized spacial score (nSPS) is 17.2. The highest BCUT2D eigenvalue weighted by Crippen LogP contribution is 2.25. The van der Waals surface area contributed by atoms with Crippen LogP contribution in [0.1, 0.15) is 48.9 Å². The molecule has 1 aliphatic rings. The van der Waals surface area contributed by atoms with E-state index in [1.807, 2.05) is 55.5 Å². The molecule has 0 saturated carbocycles. The summed E-state index contributed by atoms with van der Waals surface area (Å²) in [7, 11) is 0. The van der Waals surface area contributed by atoms with Crippen LogP contribution >= 0.6 is 0 Å². The van der Waals surface area contributed by atoms with Gasteiger partial charge in [-0.25, -0.2) is 0 Å². The molecule has 0 bridgehead atoms. The van der Waals surface area contributed by atoms with Crippen LogP contribution in [0, 0.1) is 6.92 Å². The van der Waals surface area contributed by atoms with Crippen LogP contribution in [0.15, 0.2) is 48.5 Å². The number of carbonyl (C=O) groups excluding carboxylic acids is 3. The van der Waals surface area contributed by atoms with Gasteiger partial charge in [0.1, 0.15) is 0 Å². The average molecular weight is 423 g/mol. The quantitative estimate of drug-likeness (QED) is 0.608. The summed E-state index contributed by atoms with van der Waals surface area (Å²) < 4.78 is 0. The Labute approximate surface area is 183 Å². The summed E-state index contributed by atoms with van der Waals surface area (Å²) in [5.41, 5.74) is 9.15. The first-order chi connectivity index (χ1) is 14.8. The Morgan fingerprint density at radius 2 is 1.84 bits per heavy atom. The fourth-order valence-electron chi connectivity index (χ4n) is 4.02. The number of amides is 3. The molecule has 0 radical (unpaired) electrons. The standard InChI is InChI=1S/C24H30N4O3/c1-16-9-11-18(12-10-16)21(26-17(2)29)14-23(30)27-20-7-4-3-6-19(20)15-28-13-5-8-22(28)24(25)31/h3-4,6-7,9-12,21-22H,5,8,13-15H2,1-2H3,(H2,25,31)(H,26,29)(H,27,30). The highest BCUT2D eigenvalue weighted by atomic mass is 16.2.